The molecular weight excluding hydrogens is 1710 g/mol. The summed E-state index contributed by atoms with van der Waals surface area (Å²) in [5.74, 6) is 1.51. The Kier molecular flexibility index (Phi) is 27.2. The fourth-order valence-electron chi connectivity index (χ4n) is 14.4. The molecule has 17 heterocycles. The minimum absolute atomic E-state index is 0.0328. The normalized spacial score (nSPS) is 21.8. The highest BCUT2D eigenvalue weighted by Crippen LogP contribution is 2.44. The molecule has 654 valence electrons. The van der Waals surface area contributed by atoms with E-state index in [1.807, 2.05) is 89.5 Å². The zero-order valence-electron chi connectivity index (χ0n) is 72.0. The van der Waals surface area contributed by atoms with Crippen LogP contribution in [0.15, 0.2) is 154 Å². The van der Waals surface area contributed by atoms with Gasteiger partial charge in [0, 0.05) is 139 Å². The van der Waals surface area contributed by atoms with E-state index in [1.54, 1.807) is 71.1 Å². The SMILES string of the molecule is CC1(C)C(=O)NS(=O)(=O)c2cncnc21.CC1(C)COc2cncnc21.CC1(C)CS(=O)(=O)c2cncnc21.CC1(C)CS(=O)c2cncnc21.CC1(C)CSc2cncnc21.CC1(C)c2ncncc2C(=O)NS1(=O)=O.CN(C)C(=O)N1CC(C)(C)c2ccccc21.CN1CC(C)(C)c2ncncc2S1(=O)=O.CN1CC(C)(C)c2ncncc2S1=O. The number of hydrogen-bond acceptors (Lipinski definition) is 31. The van der Waals surface area contributed by atoms with Gasteiger partial charge < -0.3 is 9.64 Å². The van der Waals surface area contributed by atoms with Crippen LogP contribution >= 0.6 is 11.8 Å². The Balaban J connectivity index is 0.000000144. The number of urea groups is 1. The number of rotatable bonds is 0. The van der Waals surface area contributed by atoms with Gasteiger partial charge in [-0.25, -0.2) is 136 Å². The number of nitrogens with zero attached hydrogens (tertiary/aromatic N) is 20. The van der Waals surface area contributed by atoms with Gasteiger partial charge in [0.25, 0.3) is 15.9 Å². The van der Waals surface area contributed by atoms with Gasteiger partial charge in [-0.3, -0.25) is 18.7 Å². The molecule has 122 heavy (non-hydrogen) atoms. The smallest absolute Gasteiger partial charge is 0.323 e. The number of sulfone groups is 1. The molecule has 0 saturated carbocycles. The number of sulfonamides is 3. The van der Waals surface area contributed by atoms with Crippen molar-refractivity contribution in [3.05, 3.63) is 181 Å². The van der Waals surface area contributed by atoms with Crippen molar-refractivity contribution < 1.29 is 61.2 Å². The maximum atomic E-state index is 12.0. The Morgan fingerprint density at radius 3 is 1.55 bits per heavy atom. The van der Waals surface area contributed by atoms with Gasteiger partial charge in [-0.05, 0) is 39.3 Å². The lowest BCUT2D eigenvalue weighted by Gasteiger charge is -2.35. The maximum Gasteiger partial charge on any atom is 0.323 e. The molecule has 0 bridgehead atoms. The van der Waals surface area contributed by atoms with Gasteiger partial charge in [0.2, 0.25) is 26.0 Å². The molecule has 0 fully saturated rings. The number of anilines is 1. The van der Waals surface area contributed by atoms with E-state index in [4.69, 9.17) is 4.74 Å². The number of carbonyl (C=O) groups is 3. The number of amides is 4. The summed E-state index contributed by atoms with van der Waals surface area (Å²) in [7, 11) is -9.01. The fourth-order valence-corrected chi connectivity index (χ4v) is 24.9. The maximum absolute atomic E-state index is 12.0. The van der Waals surface area contributed by atoms with Crippen molar-refractivity contribution in [1.82, 2.24) is 103 Å². The second-order valence-electron chi connectivity index (χ2n) is 35.5. The monoisotopic (exact) mass is 1810 g/mol. The van der Waals surface area contributed by atoms with Crippen LogP contribution in [0.1, 0.15) is 186 Å². The van der Waals surface area contributed by atoms with Crippen molar-refractivity contribution in [3.63, 3.8) is 0 Å². The molecule has 2 N–H and O–H groups in total. The van der Waals surface area contributed by atoms with E-state index in [9.17, 15) is 56.5 Å². The third kappa shape index (κ3) is 19.7. The first kappa shape index (κ1) is 94.5. The van der Waals surface area contributed by atoms with Gasteiger partial charge in [0.15, 0.2) is 15.6 Å². The Labute approximate surface area is 721 Å². The molecule has 9 aliphatic rings. The van der Waals surface area contributed by atoms with Gasteiger partial charge in [-0.15, -0.1) is 11.8 Å². The predicted molar refractivity (Wildman–Crippen MR) is 456 cm³/mol. The average Bonchev–Trinajstić information content (AvgIpc) is 1.43. The van der Waals surface area contributed by atoms with Crippen LogP contribution in [0.25, 0.3) is 0 Å². The number of ether oxygens (including phenoxy) is 1. The van der Waals surface area contributed by atoms with Gasteiger partial charge in [-0.1, -0.05) is 115 Å². The van der Waals surface area contributed by atoms with Gasteiger partial charge in [0.05, 0.1) is 108 Å². The largest absolute Gasteiger partial charge is 0.489 e. The van der Waals surface area contributed by atoms with E-state index in [1.165, 1.54) is 97.1 Å². The van der Waals surface area contributed by atoms with Crippen LogP contribution in [-0.4, -0.2) is 225 Å². The number of benzene rings is 1. The summed E-state index contributed by atoms with van der Waals surface area (Å²) >= 11 is 1.85. The molecule has 9 aliphatic heterocycles. The molecule has 4 amide bonds. The van der Waals surface area contributed by atoms with E-state index < -0.39 is 83.7 Å². The minimum Gasteiger partial charge on any atom is -0.489 e. The summed E-state index contributed by atoms with van der Waals surface area (Å²) in [6, 6.07) is 8.20. The van der Waals surface area contributed by atoms with Crippen molar-refractivity contribution in [2.24, 2.45) is 0 Å². The molecule has 1 aromatic carbocycles. The zero-order valence-corrected chi connectivity index (χ0v) is 77.7. The summed E-state index contributed by atoms with van der Waals surface area (Å²) in [6.07, 6.45) is 23.7. The summed E-state index contributed by atoms with van der Waals surface area (Å²) in [5, 5.41) is 0. The first-order valence-electron chi connectivity index (χ1n) is 38.1. The Hall–Kier alpha value is -9.76. The van der Waals surface area contributed by atoms with E-state index in [0.29, 0.717) is 35.2 Å². The second-order valence-corrected chi connectivity index (χ2v) is 47.4. The number of aromatic nitrogens is 16. The van der Waals surface area contributed by atoms with E-state index in [2.05, 4.69) is 155 Å². The molecule has 0 spiro atoms. The van der Waals surface area contributed by atoms with Crippen LogP contribution in [0.2, 0.25) is 0 Å². The number of thioether (sulfide) groups is 1. The molecular formula is C79H102N22O14S7. The second kappa shape index (κ2) is 35.1. The molecule has 0 saturated heterocycles. The molecule has 0 radical (unpaired) electrons. The Bertz CT molecular complexity index is 5980. The van der Waals surface area contributed by atoms with Crippen LogP contribution < -0.4 is 19.1 Å². The number of nitrogens with one attached hydrogen (secondary N) is 2. The van der Waals surface area contributed by atoms with E-state index in [-0.39, 0.29) is 76.4 Å². The van der Waals surface area contributed by atoms with E-state index >= 15 is 0 Å². The number of likely N-dealkylation sites (N-methyl/N-ethyl adjacent to an activating group) is 2. The topological polar surface area (TPSA) is 474 Å². The first-order valence-corrected chi connectivity index (χ1v) is 47.6. The molecule has 9 aromatic rings. The lowest BCUT2D eigenvalue weighted by atomic mass is 9.87. The Morgan fingerprint density at radius 1 is 0.492 bits per heavy atom. The van der Waals surface area contributed by atoms with Crippen LogP contribution in [0.5, 0.6) is 5.75 Å². The molecule has 2 unspecified atom stereocenters. The lowest BCUT2D eigenvalue weighted by molar-refractivity contribution is -0.124. The van der Waals surface area contributed by atoms with Crippen LogP contribution in [-0.2, 0) is 115 Å². The van der Waals surface area contributed by atoms with Crippen molar-refractivity contribution in [2.45, 2.75) is 202 Å². The summed E-state index contributed by atoms with van der Waals surface area (Å²) in [4.78, 5) is 105. The van der Waals surface area contributed by atoms with Gasteiger partial charge in [0.1, 0.15) is 81.0 Å². The summed E-state index contributed by atoms with van der Waals surface area (Å²) in [6.45, 7) is 37.9. The minimum atomic E-state index is -3.79. The van der Waals surface area contributed by atoms with Crippen LogP contribution in [0.3, 0.4) is 0 Å². The predicted octanol–water partition coefficient (Wildman–Crippen LogP) is 7.36. The summed E-state index contributed by atoms with van der Waals surface area (Å²) < 4.78 is 128. The van der Waals surface area contributed by atoms with Crippen molar-refractivity contribution in [1.29, 1.82) is 0 Å². The molecule has 43 heteroatoms. The van der Waals surface area contributed by atoms with Crippen LogP contribution in [0.4, 0.5) is 10.5 Å². The quantitative estimate of drug-likeness (QED) is 0.150. The number of hydrogen-bond donors (Lipinski definition) is 2. The van der Waals surface area contributed by atoms with Crippen molar-refractivity contribution in [3.8, 4) is 5.75 Å². The highest BCUT2D eigenvalue weighted by molar-refractivity contribution is 7.99. The first-order chi connectivity index (χ1) is 56.5. The number of para-hydroxylation sites is 1. The molecule has 36 nitrogen and oxygen atoms in total. The highest BCUT2D eigenvalue weighted by Gasteiger charge is 2.49. The Morgan fingerprint density at radius 2 is 0.975 bits per heavy atom. The van der Waals surface area contributed by atoms with E-state index in [0.717, 1.165) is 57.2 Å². The molecule has 2 atom stereocenters. The fraction of sp³-hybridized carbons (Fsp3) is 0.481. The number of carbonyl (C=O) groups excluding carboxylic acids is 3. The third-order valence-electron chi connectivity index (χ3n) is 21.0. The van der Waals surface area contributed by atoms with Crippen molar-refractivity contribution >= 4 is 97.0 Å². The molecule has 8 aromatic heterocycles. The zero-order chi connectivity index (χ0) is 90.3. The third-order valence-corrected chi connectivity index (χ3v) is 32.8. The highest BCUT2D eigenvalue weighted by atomic mass is 32.2. The summed E-state index contributed by atoms with van der Waals surface area (Å²) in [5.41, 5.74) is 6.94. The average molecular weight is 1810 g/mol. The lowest BCUT2D eigenvalue weighted by Crippen LogP contribution is -2.49. The standard InChI is InChI=1S/C13H18N2O.C9H13N3O2S.C9H13N3OS.2C8H9N3O3S.C8H10N2O2S.C8H10N2OS.C8H10N2O.C8H10N2S/c1-13(2)9-15(12(16)14(3)4)11-8-6-5-7-10(11)13;1-9(2)5-12(3)15(13,14)7-4-10-6-11-8(7)9;1-9(2)5-12(3)14(13)7-4-10-6-11-8(7)9;1-8(2)6-5(3-9-4-10-6)15(13,14)11-7(8)12;1-8(2)6-5(3-9-4-10-6)7(12)11-15(8,13)14;1-8(2)4-13(11,12)6-3-9-5-10-7(6)8;1-8(2)4-12(11)6-3-9-5-10-7(6)8;2*1-8(2)4-11-6-3-9-5-10-7(6)8/h5-8H,9H2,1-4H3;4,6H,5H2,1-3H3;4,6H,5H2,1-3H3;2*3-4H,1-2H3,(H,11,12);3,5H,4H2,1-2H3;3,5H,4H2,1-2H3;2*3,5H,4H2,1-2H3. The van der Waals surface area contributed by atoms with Gasteiger partial charge >= 0.3 is 6.03 Å². The number of fused-ring (bicyclic) bond motifs is 9. The van der Waals surface area contributed by atoms with Gasteiger partial charge in [-0.2, -0.15) is 4.31 Å². The molecule has 18 rings (SSSR count). The van der Waals surface area contributed by atoms with Crippen molar-refractivity contribution in [2.75, 3.05) is 76.6 Å². The molecule has 0 aliphatic carbocycles. The van der Waals surface area contributed by atoms with Crippen LogP contribution in [0, 0.1) is 0 Å².